The third-order valence-corrected chi connectivity index (χ3v) is 4.78. The molecule has 1 fully saturated rings. The average molecular weight is 304 g/mol. The van der Waals surface area contributed by atoms with Crippen molar-refractivity contribution >= 4 is 0 Å². The Hall–Kier alpha value is -2.53. The molecule has 2 aliphatic heterocycles. The van der Waals surface area contributed by atoms with Crippen LogP contribution in [-0.4, -0.2) is 33.0 Å². The Morgan fingerprint density at radius 2 is 2.00 bits per heavy atom. The summed E-state index contributed by atoms with van der Waals surface area (Å²) in [5, 5.41) is 8.20. The Kier molecular flexibility index (Phi) is 2.81. The van der Waals surface area contributed by atoms with Crippen LogP contribution in [0.4, 0.5) is 0 Å². The van der Waals surface area contributed by atoms with Crippen molar-refractivity contribution in [3.8, 4) is 16.8 Å². The molecule has 2 aromatic heterocycles. The van der Waals surface area contributed by atoms with Gasteiger partial charge in [-0.1, -0.05) is 6.07 Å². The second kappa shape index (κ2) is 4.99. The zero-order chi connectivity index (χ0) is 15.2. The minimum absolute atomic E-state index is 0.500. The third-order valence-electron chi connectivity index (χ3n) is 4.78. The van der Waals surface area contributed by atoms with E-state index in [1.54, 1.807) is 6.33 Å². The quantitative estimate of drug-likeness (QED) is 0.730. The van der Waals surface area contributed by atoms with Crippen LogP contribution in [0.15, 0.2) is 43.0 Å². The minimum Gasteiger partial charge on any atom is -0.380 e. The molecule has 1 aromatic carbocycles. The molecule has 5 heteroatoms. The molecule has 0 spiro atoms. The molecule has 23 heavy (non-hydrogen) atoms. The van der Waals surface area contributed by atoms with Crippen molar-refractivity contribution < 1.29 is 4.74 Å². The highest BCUT2D eigenvalue weighted by Gasteiger charge is 2.21. The lowest BCUT2D eigenvalue weighted by Gasteiger charge is -2.26. The molecule has 0 saturated carbocycles. The first-order chi connectivity index (χ1) is 11.4. The van der Waals surface area contributed by atoms with Crippen LogP contribution in [0.25, 0.3) is 16.8 Å². The maximum Gasteiger partial charge on any atom is 0.137 e. The van der Waals surface area contributed by atoms with Crippen molar-refractivity contribution in [1.82, 2.24) is 19.7 Å². The van der Waals surface area contributed by atoms with Crippen molar-refractivity contribution in [3.05, 3.63) is 59.9 Å². The van der Waals surface area contributed by atoms with Crippen LogP contribution >= 0.6 is 0 Å². The fourth-order valence-corrected chi connectivity index (χ4v) is 3.34. The molecule has 0 amide bonds. The van der Waals surface area contributed by atoms with Gasteiger partial charge in [-0.3, -0.25) is 9.55 Å². The van der Waals surface area contributed by atoms with Gasteiger partial charge in [0.1, 0.15) is 12.2 Å². The number of rotatable bonds is 2. The van der Waals surface area contributed by atoms with Gasteiger partial charge < -0.3 is 4.74 Å². The first-order valence-corrected chi connectivity index (χ1v) is 7.94. The van der Waals surface area contributed by atoms with E-state index in [1.165, 1.54) is 27.9 Å². The predicted octanol–water partition coefficient (Wildman–Crippen LogP) is 2.54. The van der Waals surface area contributed by atoms with Crippen molar-refractivity contribution in [3.63, 3.8) is 0 Å². The third kappa shape index (κ3) is 2.08. The van der Waals surface area contributed by atoms with E-state index in [0.717, 1.165) is 31.9 Å². The number of aromatic nitrogens is 4. The number of benzene rings is 1. The molecule has 3 aromatic rings. The molecule has 0 bridgehead atoms. The van der Waals surface area contributed by atoms with Gasteiger partial charge in [-0.15, -0.1) is 10.2 Å². The van der Waals surface area contributed by atoms with Crippen molar-refractivity contribution in [2.75, 3.05) is 13.2 Å². The molecule has 4 heterocycles. The largest absolute Gasteiger partial charge is 0.380 e. The van der Waals surface area contributed by atoms with Gasteiger partial charge in [-0.05, 0) is 41.3 Å². The van der Waals surface area contributed by atoms with E-state index < -0.39 is 0 Å². The lowest BCUT2D eigenvalue weighted by Crippen LogP contribution is -2.25. The molecule has 0 unspecified atom stereocenters. The number of ether oxygens (including phenoxy) is 1. The summed E-state index contributed by atoms with van der Waals surface area (Å²) in [5.41, 5.74) is 6.19. The summed E-state index contributed by atoms with van der Waals surface area (Å²) in [7, 11) is 0. The number of hydrogen-bond acceptors (Lipinski definition) is 4. The molecule has 0 aliphatic carbocycles. The van der Waals surface area contributed by atoms with E-state index in [0.29, 0.717) is 5.92 Å². The molecule has 1 saturated heterocycles. The van der Waals surface area contributed by atoms with E-state index in [2.05, 4.69) is 44.0 Å². The summed E-state index contributed by atoms with van der Waals surface area (Å²) in [6.07, 6.45) is 7.64. The van der Waals surface area contributed by atoms with E-state index >= 15 is 0 Å². The van der Waals surface area contributed by atoms with Crippen LogP contribution in [0.5, 0.6) is 0 Å². The van der Waals surface area contributed by atoms with Gasteiger partial charge in [0, 0.05) is 30.3 Å². The fraction of sp³-hybridized carbons (Fsp3) is 0.278. The van der Waals surface area contributed by atoms with Gasteiger partial charge in [-0.2, -0.15) is 0 Å². The number of fused-ring (bicyclic) bond motifs is 3. The fourth-order valence-electron chi connectivity index (χ4n) is 3.34. The van der Waals surface area contributed by atoms with Gasteiger partial charge >= 0.3 is 0 Å². The van der Waals surface area contributed by atoms with E-state index in [9.17, 15) is 0 Å². The predicted molar refractivity (Wildman–Crippen MR) is 85.6 cm³/mol. The molecule has 0 radical (unpaired) electrons. The summed E-state index contributed by atoms with van der Waals surface area (Å²) < 4.78 is 7.38. The SMILES string of the molecule is c1cc2c(cc1-c1cncc(C3COC3)c1)CCc1nncn1-2. The topological polar surface area (TPSA) is 52.8 Å². The van der Waals surface area contributed by atoms with Crippen LogP contribution in [0, 0.1) is 0 Å². The number of aryl methyl sites for hydroxylation is 2. The second-order valence-corrected chi connectivity index (χ2v) is 6.20. The monoisotopic (exact) mass is 304 g/mol. The number of nitrogens with zero attached hydrogens (tertiary/aromatic N) is 4. The first-order valence-electron chi connectivity index (χ1n) is 7.94. The van der Waals surface area contributed by atoms with Gasteiger partial charge in [0.05, 0.1) is 18.9 Å². The molecule has 0 atom stereocenters. The van der Waals surface area contributed by atoms with Crippen molar-refractivity contribution in [2.24, 2.45) is 0 Å². The normalized spacial score (nSPS) is 16.5. The smallest absolute Gasteiger partial charge is 0.137 e. The van der Waals surface area contributed by atoms with Crippen LogP contribution in [0.3, 0.4) is 0 Å². The summed E-state index contributed by atoms with van der Waals surface area (Å²) in [5.74, 6) is 1.54. The molecular formula is C18H16N4O. The highest BCUT2D eigenvalue weighted by Crippen LogP contribution is 2.31. The molecule has 114 valence electrons. The summed E-state index contributed by atoms with van der Waals surface area (Å²) in [6, 6.07) is 8.84. The Morgan fingerprint density at radius 1 is 1.04 bits per heavy atom. The molecule has 0 N–H and O–H groups in total. The Morgan fingerprint density at radius 3 is 2.87 bits per heavy atom. The minimum atomic E-state index is 0.500. The van der Waals surface area contributed by atoms with Crippen LogP contribution in [0.2, 0.25) is 0 Å². The Bertz CT molecular complexity index is 882. The number of hydrogen-bond donors (Lipinski definition) is 0. The van der Waals surface area contributed by atoms with E-state index in [-0.39, 0.29) is 0 Å². The molecule has 2 aliphatic rings. The van der Waals surface area contributed by atoms with Crippen LogP contribution < -0.4 is 0 Å². The Balaban J connectivity index is 1.55. The zero-order valence-electron chi connectivity index (χ0n) is 12.6. The maximum atomic E-state index is 5.29. The zero-order valence-corrected chi connectivity index (χ0v) is 12.6. The highest BCUT2D eigenvalue weighted by molar-refractivity contribution is 5.67. The van der Waals surface area contributed by atoms with E-state index in [4.69, 9.17) is 4.74 Å². The highest BCUT2D eigenvalue weighted by atomic mass is 16.5. The lowest BCUT2D eigenvalue weighted by atomic mass is 9.94. The standard InChI is InChI=1S/C18H16N4O/c1-3-17-13(2-4-18-21-20-11-22(17)18)5-12(1)14-6-15(8-19-7-14)16-9-23-10-16/h1,3,5-8,11,16H,2,4,9-10H2. The molecule has 5 rings (SSSR count). The second-order valence-electron chi connectivity index (χ2n) is 6.20. The van der Waals surface area contributed by atoms with Crippen LogP contribution in [0.1, 0.15) is 22.9 Å². The Labute approximate surface area is 134 Å². The summed E-state index contributed by atoms with van der Waals surface area (Å²) >= 11 is 0. The van der Waals surface area contributed by atoms with E-state index in [1.807, 2.05) is 12.4 Å². The summed E-state index contributed by atoms with van der Waals surface area (Å²) in [6.45, 7) is 1.62. The average Bonchev–Trinajstić information content (AvgIpc) is 3.02. The van der Waals surface area contributed by atoms with Crippen molar-refractivity contribution in [1.29, 1.82) is 0 Å². The molecular weight excluding hydrogens is 288 g/mol. The van der Waals surface area contributed by atoms with Gasteiger partial charge in [-0.25, -0.2) is 0 Å². The van der Waals surface area contributed by atoms with Gasteiger partial charge in [0.2, 0.25) is 0 Å². The lowest BCUT2D eigenvalue weighted by molar-refractivity contribution is 0.00831. The molecule has 5 nitrogen and oxygen atoms in total. The summed E-state index contributed by atoms with van der Waals surface area (Å²) in [4.78, 5) is 4.42. The number of pyridine rings is 1. The maximum absolute atomic E-state index is 5.29. The van der Waals surface area contributed by atoms with Crippen LogP contribution in [-0.2, 0) is 17.6 Å². The van der Waals surface area contributed by atoms with Gasteiger partial charge in [0.25, 0.3) is 0 Å². The van der Waals surface area contributed by atoms with Crippen molar-refractivity contribution in [2.45, 2.75) is 18.8 Å². The first kappa shape index (κ1) is 13.0. The van der Waals surface area contributed by atoms with Gasteiger partial charge in [0.15, 0.2) is 0 Å².